The van der Waals surface area contributed by atoms with Crippen LogP contribution in [-0.2, 0) is 20.9 Å². The van der Waals surface area contributed by atoms with E-state index in [9.17, 15) is 9.59 Å². The summed E-state index contributed by atoms with van der Waals surface area (Å²) in [5, 5.41) is 4.90. The Hall–Kier alpha value is -2.82. The second-order valence-corrected chi connectivity index (χ2v) is 14.3. The van der Waals surface area contributed by atoms with Gasteiger partial charge < -0.3 is 19.9 Å². The van der Waals surface area contributed by atoms with Crippen molar-refractivity contribution in [1.29, 1.82) is 0 Å². The molecule has 0 saturated carbocycles. The molecule has 7 nitrogen and oxygen atoms in total. The van der Waals surface area contributed by atoms with E-state index in [0.717, 1.165) is 76.2 Å². The van der Waals surface area contributed by atoms with Crippen molar-refractivity contribution in [2.24, 2.45) is 0 Å². The van der Waals surface area contributed by atoms with Gasteiger partial charge in [-0.05, 0) is 61.9 Å². The molecule has 0 unspecified atom stereocenters. The third-order valence-corrected chi connectivity index (χ3v) is 10.6. The van der Waals surface area contributed by atoms with Crippen molar-refractivity contribution in [2.75, 3.05) is 39.4 Å². The van der Waals surface area contributed by atoms with E-state index < -0.39 is 10.8 Å². The minimum absolute atomic E-state index is 0.0560. The molecule has 2 saturated heterocycles. The minimum atomic E-state index is -1.10. The Morgan fingerprint density at radius 3 is 2.61 bits per heavy atom. The highest BCUT2D eigenvalue weighted by atomic mass is 79.9. The molecule has 0 bridgehead atoms. The first kappa shape index (κ1) is 31.2. The average molecular weight is 696 g/mol. The van der Waals surface area contributed by atoms with E-state index in [1.807, 2.05) is 66.6 Å². The number of nitrogens with one attached hydrogen (secondary N) is 2. The van der Waals surface area contributed by atoms with E-state index in [-0.39, 0.29) is 18.2 Å². The Morgan fingerprint density at radius 2 is 1.86 bits per heavy atom. The number of carbonyl (C=O) groups excluding carboxylic acids is 2. The largest absolute Gasteiger partial charge is 0.379 e. The minimum Gasteiger partial charge on any atom is -0.379 e. The van der Waals surface area contributed by atoms with Gasteiger partial charge in [0.05, 0.1) is 25.7 Å². The van der Waals surface area contributed by atoms with Crippen molar-refractivity contribution in [3.63, 3.8) is 0 Å². The molecule has 2 aliphatic rings. The lowest BCUT2D eigenvalue weighted by Crippen LogP contribution is -2.48. The molecular formula is C34H36BrClN4O3S. The summed E-state index contributed by atoms with van der Waals surface area (Å²) in [6, 6.07) is 21.3. The molecule has 2 fully saturated rings. The standard InChI is InChI=1S/C34H36BrClN4O3S/c1-23-3-10-27(11-4-23)44-34(33(42)37-13-2-14-39-15-17-43-18-16-39)20-31(41)40(22-24-5-8-26(36)9-6-24)32(34)29-21-38-30-19-25(35)7-12-28(29)30/h3-12,19,21,32,38H,2,13-18,20,22H2,1H3,(H,37,42)/t32-,34+/m1/s1. The molecule has 2 amide bonds. The summed E-state index contributed by atoms with van der Waals surface area (Å²) >= 11 is 11.3. The van der Waals surface area contributed by atoms with Crippen molar-refractivity contribution in [1.82, 2.24) is 20.1 Å². The number of halogens is 2. The Morgan fingerprint density at radius 1 is 1.11 bits per heavy atom. The fraction of sp³-hybridized carbons (Fsp3) is 0.353. The van der Waals surface area contributed by atoms with Crippen LogP contribution >= 0.6 is 39.3 Å². The van der Waals surface area contributed by atoms with E-state index in [0.29, 0.717) is 18.1 Å². The number of ether oxygens (including phenoxy) is 1. The van der Waals surface area contributed by atoms with Crippen LogP contribution in [0.4, 0.5) is 0 Å². The van der Waals surface area contributed by atoms with Gasteiger partial charge in [-0.15, -0.1) is 11.8 Å². The van der Waals surface area contributed by atoms with Crippen molar-refractivity contribution in [2.45, 2.75) is 42.0 Å². The lowest BCUT2D eigenvalue weighted by atomic mass is 9.91. The fourth-order valence-electron chi connectivity index (χ4n) is 6.19. The molecule has 2 atom stereocenters. The molecule has 3 heterocycles. The number of rotatable bonds is 10. The molecule has 6 rings (SSSR count). The van der Waals surface area contributed by atoms with E-state index in [2.05, 4.69) is 49.3 Å². The summed E-state index contributed by atoms with van der Waals surface area (Å²) in [5.41, 5.74) is 3.97. The number of nitrogens with zero attached hydrogens (tertiary/aromatic N) is 2. The predicted molar refractivity (Wildman–Crippen MR) is 180 cm³/mol. The maximum Gasteiger partial charge on any atom is 0.239 e. The Balaban J connectivity index is 1.39. The van der Waals surface area contributed by atoms with E-state index in [1.165, 1.54) is 11.8 Å². The summed E-state index contributed by atoms with van der Waals surface area (Å²) in [7, 11) is 0. The fourth-order valence-corrected chi connectivity index (χ4v) is 8.10. The summed E-state index contributed by atoms with van der Waals surface area (Å²) in [4.78, 5) is 37.3. The molecular weight excluding hydrogens is 660 g/mol. The normalized spacial score (nSPS) is 20.8. The summed E-state index contributed by atoms with van der Waals surface area (Å²) in [6.45, 7) is 7.15. The lowest BCUT2D eigenvalue weighted by molar-refractivity contribution is -0.129. The number of thioether (sulfide) groups is 1. The van der Waals surface area contributed by atoms with E-state index >= 15 is 0 Å². The van der Waals surface area contributed by atoms with Crippen LogP contribution in [0.1, 0.15) is 35.6 Å². The first-order chi connectivity index (χ1) is 21.3. The van der Waals surface area contributed by atoms with Crippen LogP contribution < -0.4 is 5.32 Å². The van der Waals surface area contributed by atoms with E-state index in [1.54, 1.807) is 0 Å². The van der Waals surface area contributed by atoms with Gasteiger partial charge in [0.2, 0.25) is 11.8 Å². The second-order valence-electron chi connectivity index (χ2n) is 11.5. The number of benzene rings is 3. The van der Waals surface area contributed by atoms with Crippen LogP contribution in [0.2, 0.25) is 5.02 Å². The number of hydrogen-bond acceptors (Lipinski definition) is 5. The number of H-pyrrole nitrogens is 1. The van der Waals surface area contributed by atoms with Gasteiger partial charge in [-0.2, -0.15) is 0 Å². The molecule has 10 heteroatoms. The molecule has 44 heavy (non-hydrogen) atoms. The quantitative estimate of drug-likeness (QED) is 0.180. The van der Waals surface area contributed by atoms with Gasteiger partial charge in [0, 0.05) is 63.2 Å². The zero-order valence-electron chi connectivity index (χ0n) is 24.7. The molecule has 0 aliphatic carbocycles. The maximum absolute atomic E-state index is 14.6. The maximum atomic E-state index is 14.6. The Bertz CT molecular complexity index is 1620. The first-order valence-corrected chi connectivity index (χ1v) is 17.0. The van der Waals surface area contributed by atoms with Crippen LogP contribution in [0, 0.1) is 6.92 Å². The zero-order valence-corrected chi connectivity index (χ0v) is 27.8. The molecule has 2 aliphatic heterocycles. The number of likely N-dealkylation sites (tertiary alicyclic amines) is 1. The van der Waals surface area contributed by atoms with Gasteiger partial charge in [0.25, 0.3) is 0 Å². The topological polar surface area (TPSA) is 77.7 Å². The molecule has 0 spiro atoms. The van der Waals surface area contributed by atoms with Crippen LogP contribution in [0.15, 0.2) is 82.3 Å². The zero-order chi connectivity index (χ0) is 30.7. The summed E-state index contributed by atoms with van der Waals surface area (Å²) in [5.74, 6) is -0.173. The van der Waals surface area contributed by atoms with Crippen LogP contribution in [0.5, 0.6) is 0 Å². The van der Waals surface area contributed by atoms with Crippen molar-refractivity contribution in [3.05, 3.63) is 99.1 Å². The van der Waals surface area contributed by atoms with Gasteiger partial charge >= 0.3 is 0 Å². The average Bonchev–Trinajstić information content (AvgIpc) is 3.55. The van der Waals surface area contributed by atoms with Gasteiger partial charge in [-0.25, -0.2) is 0 Å². The Kier molecular flexibility index (Phi) is 9.68. The molecule has 1 aromatic heterocycles. The van der Waals surface area contributed by atoms with Crippen molar-refractivity contribution in [3.8, 4) is 0 Å². The number of carbonyl (C=O) groups is 2. The number of aromatic amines is 1. The van der Waals surface area contributed by atoms with Crippen LogP contribution in [0.3, 0.4) is 0 Å². The molecule has 3 aromatic carbocycles. The number of morpholine rings is 1. The number of hydrogen-bond donors (Lipinski definition) is 2. The second kappa shape index (κ2) is 13.7. The van der Waals surface area contributed by atoms with Crippen molar-refractivity contribution < 1.29 is 14.3 Å². The number of fused-ring (bicyclic) bond motifs is 1. The summed E-state index contributed by atoms with van der Waals surface area (Å²) < 4.78 is 5.34. The van der Waals surface area contributed by atoms with E-state index in [4.69, 9.17) is 16.3 Å². The number of aromatic nitrogens is 1. The molecule has 0 radical (unpaired) electrons. The highest BCUT2D eigenvalue weighted by molar-refractivity contribution is 9.10. The number of amides is 2. The summed E-state index contributed by atoms with van der Waals surface area (Å²) in [6.07, 6.45) is 2.87. The molecule has 2 N–H and O–H groups in total. The van der Waals surface area contributed by atoms with Gasteiger partial charge in [0.15, 0.2) is 0 Å². The van der Waals surface area contributed by atoms with Gasteiger partial charge in [-0.1, -0.05) is 63.4 Å². The van der Waals surface area contributed by atoms with Crippen LogP contribution in [0.25, 0.3) is 10.9 Å². The SMILES string of the molecule is Cc1ccc(S[C@@]2(C(=O)NCCCN3CCOCC3)CC(=O)N(Cc3ccc(Cl)cc3)[C@@H]2c2c[nH]c3cc(Br)ccc23)cc1. The number of aryl methyl sites for hydroxylation is 1. The van der Waals surface area contributed by atoms with Gasteiger partial charge in [0.1, 0.15) is 4.75 Å². The monoisotopic (exact) mass is 694 g/mol. The lowest BCUT2D eigenvalue weighted by Gasteiger charge is -2.36. The van der Waals surface area contributed by atoms with Crippen molar-refractivity contribution >= 4 is 62.0 Å². The smallest absolute Gasteiger partial charge is 0.239 e. The first-order valence-electron chi connectivity index (χ1n) is 15.0. The Labute approximate surface area is 275 Å². The highest BCUT2D eigenvalue weighted by Crippen LogP contribution is 2.54. The molecule has 4 aromatic rings. The van der Waals surface area contributed by atoms with Gasteiger partial charge in [-0.3, -0.25) is 14.5 Å². The predicted octanol–water partition coefficient (Wildman–Crippen LogP) is 6.74. The molecule has 230 valence electrons. The van der Waals surface area contributed by atoms with Crippen LogP contribution in [-0.4, -0.2) is 70.7 Å². The third-order valence-electron chi connectivity index (χ3n) is 8.47. The highest BCUT2D eigenvalue weighted by Gasteiger charge is 2.58. The third kappa shape index (κ3) is 6.72.